The van der Waals surface area contributed by atoms with Crippen LogP contribution in [-0.2, 0) is 13.7 Å². The van der Waals surface area contributed by atoms with Gasteiger partial charge in [0.05, 0.1) is 16.4 Å². The summed E-state index contributed by atoms with van der Waals surface area (Å²) in [6, 6.07) is 7.69. The van der Waals surface area contributed by atoms with Crippen molar-refractivity contribution in [1.29, 1.82) is 0 Å². The maximum Gasteiger partial charge on any atom is 0.131 e. The molecule has 0 aliphatic heterocycles. The van der Waals surface area contributed by atoms with Gasteiger partial charge in [-0.3, -0.25) is 4.68 Å². The molecule has 19 heavy (non-hydrogen) atoms. The van der Waals surface area contributed by atoms with Crippen LogP contribution in [0.3, 0.4) is 0 Å². The van der Waals surface area contributed by atoms with Crippen LogP contribution in [0.5, 0.6) is 5.75 Å². The van der Waals surface area contributed by atoms with Crippen molar-refractivity contribution < 1.29 is 4.74 Å². The number of aromatic nitrogens is 2. The van der Waals surface area contributed by atoms with Crippen LogP contribution in [0, 0.1) is 6.92 Å². The fraction of sp³-hybridized carbons (Fsp3) is 0.357. The van der Waals surface area contributed by atoms with Crippen LogP contribution in [0.4, 0.5) is 0 Å². The molecule has 2 aromatic rings. The highest BCUT2D eigenvalue weighted by molar-refractivity contribution is 6.31. The Morgan fingerprint density at radius 1 is 1.42 bits per heavy atom. The van der Waals surface area contributed by atoms with Crippen molar-refractivity contribution in [3.63, 3.8) is 0 Å². The molecule has 1 heterocycles. The number of hydrogen-bond donors (Lipinski definition) is 1. The van der Waals surface area contributed by atoms with Crippen LogP contribution >= 0.6 is 11.6 Å². The highest BCUT2D eigenvalue weighted by atomic mass is 35.5. The van der Waals surface area contributed by atoms with Gasteiger partial charge >= 0.3 is 0 Å². The normalized spacial score (nSPS) is 12.5. The van der Waals surface area contributed by atoms with Gasteiger partial charge in [0.25, 0.3) is 0 Å². The van der Waals surface area contributed by atoms with E-state index in [2.05, 4.69) is 5.10 Å². The summed E-state index contributed by atoms with van der Waals surface area (Å²) in [4.78, 5) is 0. The molecule has 0 unspecified atom stereocenters. The zero-order chi connectivity index (χ0) is 14.0. The summed E-state index contributed by atoms with van der Waals surface area (Å²) in [6.45, 7) is 4.19. The molecule has 1 aromatic carbocycles. The molecular formula is C14H18ClN3O. The molecule has 0 bridgehead atoms. The molecule has 4 nitrogen and oxygen atoms in total. The van der Waals surface area contributed by atoms with E-state index < -0.39 is 0 Å². The van der Waals surface area contributed by atoms with Gasteiger partial charge in [-0.15, -0.1) is 0 Å². The van der Waals surface area contributed by atoms with E-state index in [1.807, 2.05) is 45.2 Å². The average Bonchev–Trinajstić information content (AvgIpc) is 2.61. The van der Waals surface area contributed by atoms with Crippen molar-refractivity contribution >= 4 is 11.6 Å². The third-order valence-corrected chi connectivity index (χ3v) is 3.53. The molecule has 0 spiro atoms. The predicted molar refractivity (Wildman–Crippen MR) is 76.3 cm³/mol. The molecule has 102 valence electrons. The molecule has 0 saturated carbocycles. The van der Waals surface area contributed by atoms with Crippen LogP contribution in [0.2, 0.25) is 5.02 Å². The fourth-order valence-corrected chi connectivity index (χ4v) is 2.19. The Bertz CT molecular complexity index is 578. The van der Waals surface area contributed by atoms with E-state index in [0.29, 0.717) is 11.6 Å². The van der Waals surface area contributed by atoms with Gasteiger partial charge in [-0.05, 0) is 19.9 Å². The van der Waals surface area contributed by atoms with Crippen molar-refractivity contribution in [2.75, 3.05) is 0 Å². The molecule has 0 radical (unpaired) electrons. The highest BCUT2D eigenvalue weighted by Gasteiger charge is 2.13. The molecule has 2 rings (SSSR count). The summed E-state index contributed by atoms with van der Waals surface area (Å²) in [7, 11) is 1.86. The molecule has 0 fully saturated rings. The Morgan fingerprint density at radius 3 is 2.68 bits per heavy atom. The highest BCUT2D eigenvalue weighted by Crippen LogP contribution is 2.26. The van der Waals surface area contributed by atoms with E-state index in [1.165, 1.54) is 0 Å². The lowest BCUT2D eigenvalue weighted by Gasteiger charge is -2.14. The first-order valence-corrected chi connectivity index (χ1v) is 6.53. The van der Waals surface area contributed by atoms with Crippen molar-refractivity contribution in [1.82, 2.24) is 9.78 Å². The van der Waals surface area contributed by atoms with Crippen LogP contribution in [-0.4, -0.2) is 9.78 Å². The molecule has 1 aromatic heterocycles. The van der Waals surface area contributed by atoms with E-state index in [4.69, 9.17) is 22.1 Å². The van der Waals surface area contributed by atoms with Gasteiger partial charge in [-0.1, -0.05) is 29.8 Å². The molecule has 5 heteroatoms. The maximum absolute atomic E-state index is 6.19. The zero-order valence-electron chi connectivity index (χ0n) is 11.4. The van der Waals surface area contributed by atoms with Gasteiger partial charge in [0, 0.05) is 18.7 Å². The van der Waals surface area contributed by atoms with Crippen LogP contribution in [0.1, 0.15) is 29.9 Å². The molecule has 0 saturated heterocycles. The average molecular weight is 280 g/mol. The van der Waals surface area contributed by atoms with E-state index in [9.17, 15) is 0 Å². The van der Waals surface area contributed by atoms with E-state index in [-0.39, 0.29) is 6.04 Å². The summed E-state index contributed by atoms with van der Waals surface area (Å²) >= 11 is 6.19. The number of hydrogen-bond acceptors (Lipinski definition) is 3. The monoisotopic (exact) mass is 279 g/mol. The van der Waals surface area contributed by atoms with Gasteiger partial charge in [-0.25, -0.2) is 0 Å². The fourth-order valence-electron chi connectivity index (χ4n) is 1.97. The third kappa shape index (κ3) is 2.91. The van der Waals surface area contributed by atoms with Gasteiger partial charge in [0.1, 0.15) is 12.4 Å². The lowest BCUT2D eigenvalue weighted by Crippen LogP contribution is -2.09. The lowest BCUT2D eigenvalue weighted by molar-refractivity contribution is 0.290. The van der Waals surface area contributed by atoms with Crippen LogP contribution in [0.25, 0.3) is 0 Å². The van der Waals surface area contributed by atoms with Crippen LogP contribution < -0.4 is 10.5 Å². The second-order valence-corrected chi connectivity index (χ2v) is 4.96. The van der Waals surface area contributed by atoms with Crippen molar-refractivity contribution in [2.24, 2.45) is 12.8 Å². The standard InChI is InChI=1S/C14H18ClN3O/c1-9(16)11-6-4-5-7-13(11)19-8-12-14(15)10(2)17-18(12)3/h4-7,9H,8,16H2,1-3H3/t9-/m0/s1. The summed E-state index contributed by atoms with van der Waals surface area (Å²) < 4.78 is 7.58. The Balaban J connectivity index is 2.19. The first-order chi connectivity index (χ1) is 9.00. The molecule has 0 aliphatic carbocycles. The Labute approximate surface area is 118 Å². The minimum absolute atomic E-state index is 0.0695. The van der Waals surface area contributed by atoms with Gasteiger partial charge < -0.3 is 10.5 Å². The van der Waals surface area contributed by atoms with Crippen molar-refractivity contribution in [3.05, 3.63) is 46.2 Å². The number of para-hydroxylation sites is 1. The number of rotatable bonds is 4. The second-order valence-electron chi connectivity index (χ2n) is 4.58. The predicted octanol–water partition coefficient (Wildman–Crippen LogP) is 2.98. The molecule has 0 aliphatic rings. The Morgan fingerprint density at radius 2 is 2.11 bits per heavy atom. The minimum Gasteiger partial charge on any atom is -0.487 e. The summed E-state index contributed by atoms with van der Waals surface area (Å²) in [5, 5.41) is 4.91. The Hall–Kier alpha value is -1.52. The topological polar surface area (TPSA) is 53.1 Å². The largest absolute Gasteiger partial charge is 0.487 e. The smallest absolute Gasteiger partial charge is 0.131 e. The number of halogens is 1. The van der Waals surface area contributed by atoms with Crippen molar-refractivity contribution in [2.45, 2.75) is 26.5 Å². The van der Waals surface area contributed by atoms with E-state index in [0.717, 1.165) is 22.7 Å². The second kappa shape index (κ2) is 5.63. The van der Waals surface area contributed by atoms with Gasteiger partial charge in [-0.2, -0.15) is 5.10 Å². The Kier molecular flexibility index (Phi) is 4.12. The number of nitrogens with zero attached hydrogens (tertiary/aromatic N) is 2. The van der Waals surface area contributed by atoms with E-state index in [1.54, 1.807) is 4.68 Å². The zero-order valence-corrected chi connectivity index (χ0v) is 12.1. The van der Waals surface area contributed by atoms with Crippen molar-refractivity contribution in [3.8, 4) is 5.75 Å². The van der Waals surface area contributed by atoms with E-state index >= 15 is 0 Å². The van der Waals surface area contributed by atoms with Gasteiger partial charge in [0.2, 0.25) is 0 Å². The SMILES string of the molecule is Cc1nn(C)c(COc2ccccc2[C@H](C)N)c1Cl. The third-order valence-electron chi connectivity index (χ3n) is 3.04. The quantitative estimate of drug-likeness (QED) is 0.936. The number of ether oxygens (including phenoxy) is 1. The molecular weight excluding hydrogens is 262 g/mol. The minimum atomic E-state index is -0.0695. The molecule has 0 amide bonds. The number of aryl methyl sites for hydroxylation is 2. The van der Waals surface area contributed by atoms with Gasteiger partial charge in [0.15, 0.2) is 0 Å². The number of nitrogens with two attached hydrogens (primary N) is 1. The van der Waals surface area contributed by atoms with Crippen LogP contribution in [0.15, 0.2) is 24.3 Å². The summed E-state index contributed by atoms with van der Waals surface area (Å²) in [5.41, 5.74) is 8.58. The summed E-state index contributed by atoms with van der Waals surface area (Å²) in [5.74, 6) is 0.785. The molecule has 2 N–H and O–H groups in total. The number of benzene rings is 1. The molecule has 1 atom stereocenters. The first-order valence-electron chi connectivity index (χ1n) is 6.16. The maximum atomic E-state index is 6.19. The summed E-state index contributed by atoms with van der Waals surface area (Å²) in [6.07, 6.45) is 0. The first kappa shape index (κ1) is 13.9. The lowest BCUT2D eigenvalue weighted by atomic mass is 10.1.